The van der Waals surface area contributed by atoms with Crippen LogP contribution in [0.5, 0.6) is 17.2 Å². The monoisotopic (exact) mass is 312 g/mol. The van der Waals surface area contributed by atoms with Crippen molar-refractivity contribution in [3.05, 3.63) is 59.7 Å². The van der Waals surface area contributed by atoms with E-state index in [0.29, 0.717) is 12.4 Å². The van der Waals surface area contributed by atoms with Gasteiger partial charge in [-0.15, -0.1) is 0 Å². The number of benzene rings is 2. The van der Waals surface area contributed by atoms with Crippen molar-refractivity contribution in [2.45, 2.75) is 19.8 Å². The first kappa shape index (κ1) is 16.6. The molecule has 0 aliphatic rings. The fourth-order valence-corrected chi connectivity index (χ4v) is 2.05. The van der Waals surface area contributed by atoms with E-state index in [1.165, 1.54) is 12.1 Å². The zero-order chi connectivity index (χ0) is 16.7. The summed E-state index contributed by atoms with van der Waals surface area (Å²) >= 11 is 0. The maximum absolute atomic E-state index is 12.4. The number of phenolic OH excluding ortho intramolecular Hbond substituents is 2. The van der Waals surface area contributed by atoms with E-state index in [4.69, 9.17) is 4.74 Å². The third-order valence-electron chi connectivity index (χ3n) is 3.33. The van der Waals surface area contributed by atoms with Gasteiger partial charge in [0.15, 0.2) is 5.78 Å². The Hall–Kier alpha value is -2.75. The van der Waals surface area contributed by atoms with Crippen molar-refractivity contribution in [2.24, 2.45) is 0 Å². The van der Waals surface area contributed by atoms with Crippen LogP contribution in [0.3, 0.4) is 0 Å². The minimum Gasteiger partial charge on any atom is -0.508 e. The lowest BCUT2D eigenvalue weighted by Crippen LogP contribution is -2.03. The lowest BCUT2D eigenvalue weighted by molar-refractivity contribution is 0.104. The number of unbranched alkanes of at least 4 members (excludes halogenated alkanes) is 1. The predicted molar refractivity (Wildman–Crippen MR) is 90.0 cm³/mol. The Bertz CT molecular complexity index is 687. The van der Waals surface area contributed by atoms with Gasteiger partial charge in [-0.2, -0.15) is 0 Å². The standard InChI is InChI=1S/C19H20O4/c1-2-3-13-23-18-6-4-5-16(21)19(18)17(22)12-9-14-7-10-15(20)11-8-14/h4-12,20-21H,2-3,13H2,1H3/b12-9+. The number of phenols is 2. The third-order valence-corrected chi connectivity index (χ3v) is 3.33. The molecule has 0 saturated heterocycles. The lowest BCUT2D eigenvalue weighted by Gasteiger charge is -2.10. The number of carbonyl (C=O) groups is 1. The molecule has 23 heavy (non-hydrogen) atoms. The third kappa shape index (κ3) is 4.61. The summed E-state index contributed by atoms with van der Waals surface area (Å²) in [4.78, 5) is 12.4. The summed E-state index contributed by atoms with van der Waals surface area (Å²) in [6.45, 7) is 2.56. The average molecular weight is 312 g/mol. The molecule has 4 heteroatoms. The second kappa shape index (κ2) is 8.03. The van der Waals surface area contributed by atoms with Crippen LogP contribution in [0.4, 0.5) is 0 Å². The second-order valence-electron chi connectivity index (χ2n) is 5.14. The van der Waals surface area contributed by atoms with Gasteiger partial charge in [0, 0.05) is 0 Å². The number of ketones is 1. The molecule has 0 fully saturated rings. The highest BCUT2D eigenvalue weighted by atomic mass is 16.5. The van der Waals surface area contributed by atoms with Crippen molar-refractivity contribution in [2.75, 3.05) is 6.61 Å². The van der Waals surface area contributed by atoms with Crippen LogP contribution in [-0.4, -0.2) is 22.6 Å². The van der Waals surface area contributed by atoms with Crippen LogP contribution < -0.4 is 4.74 Å². The van der Waals surface area contributed by atoms with E-state index in [2.05, 4.69) is 6.92 Å². The molecule has 2 aromatic rings. The van der Waals surface area contributed by atoms with Crippen molar-refractivity contribution in [1.82, 2.24) is 0 Å². The summed E-state index contributed by atoms with van der Waals surface area (Å²) in [7, 11) is 0. The zero-order valence-electron chi connectivity index (χ0n) is 13.0. The van der Waals surface area contributed by atoms with Crippen LogP contribution in [0, 0.1) is 0 Å². The first-order valence-electron chi connectivity index (χ1n) is 7.58. The SMILES string of the molecule is CCCCOc1cccc(O)c1C(=O)/C=C/c1ccc(O)cc1. The van der Waals surface area contributed by atoms with E-state index >= 15 is 0 Å². The van der Waals surface area contributed by atoms with Crippen LogP contribution in [0.15, 0.2) is 48.5 Å². The number of allylic oxidation sites excluding steroid dienone is 1. The number of ether oxygens (including phenoxy) is 1. The maximum atomic E-state index is 12.4. The van der Waals surface area contributed by atoms with Crippen molar-refractivity contribution >= 4 is 11.9 Å². The smallest absolute Gasteiger partial charge is 0.193 e. The first-order valence-corrected chi connectivity index (χ1v) is 7.58. The Morgan fingerprint density at radius 1 is 1.13 bits per heavy atom. The fourth-order valence-electron chi connectivity index (χ4n) is 2.05. The van der Waals surface area contributed by atoms with Crippen LogP contribution in [0.1, 0.15) is 35.7 Å². The molecule has 2 rings (SSSR count). The number of rotatable bonds is 7. The van der Waals surface area contributed by atoms with Gasteiger partial charge < -0.3 is 14.9 Å². The molecule has 0 bridgehead atoms. The Balaban J connectivity index is 2.19. The van der Waals surface area contributed by atoms with Gasteiger partial charge in [0.05, 0.1) is 6.61 Å². The maximum Gasteiger partial charge on any atom is 0.193 e. The van der Waals surface area contributed by atoms with Gasteiger partial charge >= 0.3 is 0 Å². The molecule has 0 saturated carbocycles. The van der Waals surface area contributed by atoms with E-state index in [1.807, 2.05) is 0 Å². The summed E-state index contributed by atoms with van der Waals surface area (Å²) in [6.07, 6.45) is 4.88. The summed E-state index contributed by atoms with van der Waals surface area (Å²) in [5.41, 5.74) is 0.943. The summed E-state index contributed by atoms with van der Waals surface area (Å²) in [5, 5.41) is 19.2. The van der Waals surface area contributed by atoms with E-state index in [9.17, 15) is 15.0 Å². The Morgan fingerprint density at radius 3 is 2.57 bits per heavy atom. The highest BCUT2D eigenvalue weighted by Gasteiger charge is 2.15. The van der Waals surface area contributed by atoms with Gasteiger partial charge in [-0.25, -0.2) is 0 Å². The highest BCUT2D eigenvalue weighted by Crippen LogP contribution is 2.28. The van der Waals surface area contributed by atoms with Crippen molar-refractivity contribution in [1.29, 1.82) is 0 Å². The van der Waals surface area contributed by atoms with E-state index in [-0.39, 0.29) is 22.8 Å². The molecule has 2 aromatic carbocycles. The number of hydrogen-bond acceptors (Lipinski definition) is 4. The molecule has 4 nitrogen and oxygen atoms in total. The van der Waals surface area contributed by atoms with Gasteiger partial charge in [0.2, 0.25) is 0 Å². The number of hydrogen-bond donors (Lipinski definition) is 2. The van der Waals surface area contributed by atoms with Crippen LogP contribution in [-0.2, 0) is 0 Å². The van der Waals surface area contributed by atoms with Gasteiger partial charge in [0.1, 0.15) is 22.8 Å². The second-order valence-corrected chi connectivity index (χ2v) is 5.14. The van der Waals surface area contributed by atoms with Crippen molar-refractivity contribution < 1.29 is 19.7 Å². The molecule has 0 unspecified atom stereocenters. The van der Waals surface area contributed by atoms with Crippen molar-refractivity contribution in [3.63, 3.8) is 0 Å². The molecular formula is C19H20O4. The number of carbonyl (C=O) groups excluding carboxylic acids is 1. The number of aromatic hydroxyl groups is 2. The van der Waals surface area contributed by atoms with Gasteiger partial charge in [-0.3, -0.25) is 4.79 Å². The van der Waals surface area contributed by atoms with Gasteiger partial charge in [0.25, 0.3) is 0 Å². The molecule has 2 N–H and O–H groups in total. The van der Waals surface area contributed by atoms with Crippen LogP contribution in [0.25, 0.3) is 6.08 Å². The predicted octanol–water partition coefficient (Wildman–Crippen LogP) is 4.17. The van der Waals surface area contributed by atoms with Crippen molar-refractivity contribution in [3.8, 4) is 17.2 Å². The molecule has 0 amide bonds. The Morgan fingerprint density at radius 2 is 1.87 bits per heavy atom. The molecule has 0 radical (unpaired) electrons. The summed E-state index contributed by atoms with van der Waals surface area (Å²) in [6, 6.07) is 11.3. The van der Waals surface area contributed by atoms with Gasteiger partial charge in [-0.05, 0) is 42.3 Å². The molecule has 0 aliphatic heterocycles. The molecule has 0 aromatic heterocycles. The summed E-state index contributed by atoms with van der Waals surface area (Å²) in [5.74, 6) is 0.127. The normalized spacial score (nSPS) is 10.8. The summed E-state index contributed by atoms with van der Waals surface area (Å²) < 4.78 is 5.60. The highest BCUT2D eigenvalue weighted by molar-refractivity contribution is 6.10. The van der Waals surface area contributed by atoms with Gasteiger partial charge in [-0.1, -0.05) is 37.6 Å². The molecule has 0 heterocycles. The largest absolute Gasteiger partial charge is 0.508 e. The molecule has 0 spiro atoms. The van der Waals surface area contributed by atoms with E-state index in [1.54, 1.807) is 42.5 Å². The minimum atomic E-state index is -0.331. The lowest BCUT2D eigenvalue weighted by atomic mass is 10.1. The zero-order valence-corrected chi connectivity index (χ0v) is 13.0. The first-order chi connectivity index (χ1) is 11.1. The Labute approximate surface area is 135 Å². The quantitative estimate of drug-likeness (QED) is 0.457. The molecule has 0 aliphatic carbocycles. The fraction of sp³-hybridized carbons (Fsp3) is 0.211. The van der Waals surface area contributed by atoms with Crippen LogP contribution in [0.2, 0.25) is 0 Å². The average Bonchev–Trinajstić information content (AvgIpc) is 2.54. The molecular weight excluding hydrogens is 292 g/mol. The molecule has 0 atom stereocenters. The van der Waals surface area contributed by atoms with Crippen LogP contribution >= 0.6 is 0 Å². The Kier molecular flexibility index (Phi) is 5.80. The molecule has 120 valence electrons. The van der Waals surface area contributed by atoms with E-state index in [0.717, 1.165) is 18.4 Å². The van der Waals surface area contributed by atoms with E-state index < -0.39 is 0 Å². The minimum absolute atomic E-state index is 0.0978. The topological polar surface area (TPSA) is 66.8 Å².